The Morgan fingerprint density at radius 2 is 2.00 bits per heavy atom. The zero-order chi connectivity index (χ0) is 12.3. The monoisotopic (exact) mass is 234 g/mol. The number of rotatable bonds is 4. The molecule has 94 valence electrons. The Bertz CT molecular complexity index is 383. The first-order valence-corrected chi connectivity index (χ1v) is 6.39. The smallest absolute Gasteiger partial charge is 0.224 e. The normalized spacial score (nSPS) is 18.1. The van der Waals surface area contributed by atoms with Crippen LogP contribution in [0.25, 0.3) is 0 Å². The van der Waals surface area contributed by atoms with E-state index in [-0.39, 0.29) is 0 Å². The summed E-state index contributed by atoms with van der Waals surface area (Å²) in [4.78, 5) is 8.70. The van der Waals surface area contributed by atoms with E-state index in [0.29, 0.717) is 11.4 Å². The van der Waals surface area contributed by atoms with Crippen molar-refractivity contribution in [3.63, 3.8) is 0 Å². The van der Waals surface area contributed by atoms with Crippen molar-refractivity contribution in [1.82, 2.24) is 9.97 Å². The van der Waals surface area contributed by atoms with Gasteiger partial charge < -0.3 is 10.6 Å². The second-order valence-electron chi connectivity index (χ2n) is 5.34. The number of anilines is 2. The van der Waals surface area contributed by atoms with E-state index < -0.39 is 0 Å². The first-order valence-electron chi connectivity index (χ1n) is 6.39. The standard InChI is InChI=1S/C13H22N4/c1-10-8-11(17-12(14-3)16-10)15-9-13(2)6-4-5-7-13/h8H,4-7,9H2,1-3H3,(H2,14,15,16,17). The van der Waals surface area contributed by atoms with Gasteiger partial charge in [0.05, 0.1) is 0 Å². The Morgan fingerprint density at radius 1 is 1.29 bits per heavy atom. The van der Waals surface area contributed by atoms with Crippen molar-refractivity contribution in [3.8, 4) is 0 Å². The number of aromatic nitrogens is 2. The summed E-state index contributed by atoms with van der Waals surface area (Å²) in [5.74, 6) is 1.61. The quantitative estimate of drug-likeness (QED) is 0.841. The van der Waals surface area contributed by atoms with E-state index in [0.717, 1.165) is 18.1 Å². The molecular formula is C13H22N4. The molecule has 1 aromatic rings. The first-order chi connectivity index (χ1) is 8.11. The minimum Gasteiger partial charge on any atom is -0.369 e. The van der Waals surface area contributed by atoms with Gasteiger partial charge >= 0.3 is 0 Å². The summed E-state index contributed by atoms with van der Waals surface area (Å²) < 4.78 is 0. The van der Waals surface area contributed by atoms with Crippen molar-refractivity contribution in [1.29, 1.82) is 0 Å². The predicted octanol–water partition coefficient (Wildman–Crippen LogP) is 2.82. The summed E-state index contributed by atoms with van der Waals surface area (Å²) in [6.45, 7) is 5.36. The lowest BCUT2D eigenvalue weighted by Gasteiger charge is -2.24. The maximum atomic E-state index is 4.41. The molecule has 0 aliphatic heterocycles. The summed E-state index contributed by atoms with van der Waals surface area (Å²) in [7, 11) is 1.84. The van der Waals surface area contributed by atoms with Gasteiger partial charge in [0.1, 0.15) is 5.82 Å². The highest BCUT2D eigenvalue weighted by Crippen LogP contribution is 2.37. The van der Waals surface area contributed by atoms with Gasteiger partial charge in [-0.15, -0.1) is 0 Å². The van der Waals surface area contributed by atoms with E-state index in [1.54, 1.807) is 0 Å². The molecule has 0 bridgehead atoms. The summed E-state index contributed by atoms with van der Waals surface area (Å²) in [6, 6.07) is 2.00. The molecule has 1 fully saturated rings. The van der Waals surface area contributed by atoms with Gasteiger partial charge in [0.25, 0.3) is 0 Å². The third kappa shape index (κ3) is 3.08. The average Bonchev–Trinajstić information content (AvgIpc) is 2.73. The maximum absolute atomic E-state index is 4.41. The molecule has 1 heterocycles. The fourth-order valence-corrected chi connectivity index (χ4v) is 2.48. The van der Waals surface area contributed by atoms with E-state index in [2.05, 4.69) is 27.5 Å². The van der Waals surface area contributed by atoms with Crippen LogP contribution in [-0.4, -0.2) is 23.6 Å². The van der Waals surface area contributed by atoms with E-state index in [4.69, 9.17) is 0 Å². The highest BCUT2D eigenvalue weighted by atomic mass is 15.1. The third-order valence-corrected chi connectivity index (χ3v) is 3.58. The minimum atomic E-state index is 0.443. The molecule has 4 heteroatoms. The van der Waals surface area contributed by atoms with Crippen LogP contribution in [0.4, 0.5) is 11.8 Å². The van der Waals surface area contributed by atoms with Crippen molar-refractivity contribution in [2.24, 2.45) is 5.41 Å². The van der Waals surface area contributed by atoms with Crippen LogP contribution in [0.1, 0.15) is 38.3 Å². The van der Waals surface area contributed by atoms with Gasteiger partial charge in [-0.3, -0.25) is 0 Å². The number of hydrogen-bond donors (Lipinski definition) is 2. The lowest BCUT2D eigenvalue weighted by molar-refractivity contribution is 0.361. The predicted molar refractivity (Wildman–Crippen MR) is 71.4 cm³/mol. The van der Waals surface area contributed by atoms with Crippen molar-refractivity contribution in [2.45, 2.75) is 39.5 Å². The molecule has 4 nitrogen and oxygen atoms in total. The molecule has 1 aliphatic rings. The Labute approximate surface area is 103 Å². The van der Waals surface area contributed by atoms with E-state index >= 15 is 0 Å². The van der Waals surface area contributed by atoms with Crippen molar-refractivity contribution in [3.05, 3.63) is 11.8 Å². The van der Waals surface area contributed by atoms with Crippen LogP contribution in [0.2, 0.25) is 0 Å². The highest BCUT2D eigenvalue weighted by molar-refractivity contribution is 5.42. The van der Waals surface area contributed by atoms with Gasteiger partial charge in [0.15, 0.2) is 0 Å². The van der Waals surface area contributed by atoms with Gasteiger partial charge in [-0.1, -0.05) is 19.8 Å². The molecule has 2 N–H and O–H groups in total. The van der Waals surface area contributed by atoms with Crippen LogP contribution in [0.5, 0.6) is 0 Å². The molecule has 0 saturated heterocycles. The summed E-state index contributed by atoms with van der Waals surface area (Å²) in [5.41, 5.74) is 1.43. The molecule has 1 saturated carbocycles. The molecular weight excluding hydrogens is 212 g/mol. The van der Waals surface area contributed by atoms with Crippen LogP contribution >= 0.6 is 0 Å². The molecule has 0 aromatic carbocycles. The SMILES string of the molecule is CNc1nc(C)cc(NCC2(C)CCCC2)n1. The topological polar surface area (TPSA) is 49.8 Å². The van der Waals surface area contributed by atoms with Crippen molar-refractivity contribution < 1.29 is 0 Å². The fraction of sp³-hybridized carbons (Fsp3) is 0.692. The molecule has 0 atom stereocenters. The Kier molecular flexibility index (Phi) is 3.50. The largest absolute Gasteiger partial charge is 0.369 e. The lowest BCUT2D eigenvalue weighted by atomic mass is 9.89. The molecule has 0 unspecified atom stereocenters. The van der Waals surface area contributed by atoms with Crippen molar-refractivity contribution in [2.75, 3.05) is 24.2 Å². The van der Waals surface area contributed by atoms with Gasteiger partial charge in [-0.05, 0) is 25.2 Å². The zero-order valence-corrected chi connectivity index (χ0v) is 11.0. The molecule has 0 amide bonds. The fourth-order valence-electron chi connectivity index (χ4n) is 2.48. The number of nitrogens with zero attached hydrogens (tertiary/aromatic N) is 2. The number of aryl methyl sites for hydroxylation is 1. The van der Waals surface area contributed by atoms with Crippen LogP contribution < -0.4 is 10.6 Å². The van der Waals surface area contributed by atoms with Crippen molar-refractivity contribution >= 4 is 11.8 Å². The molecule has 1 aliphatic carbocycles. The van der Waals surface area contributed by atoms with E-state index in [1.165, 1.54) is 25.7 Å². The zero-order valence-electron chi connectivity index (χ0n) is 11.0. The second kappa shape index (κ2) is 4.90. The van der Waals surface area contributed by atoms with Crippen LogP contribution in [0, 0.1) is 12.3 Å². The average molecular weight is 234 g/mol. The van der Waals surface area contributed by atoms with E-state index in [1.807, 2.05) is 20.0 Å². The Hall–Kier alpha value is -1.32. The summed E-state index contributed by atoms with van der Waals surface area (Å²) >= 11 is 0. The van der Waals surface area contributed by atoms with Crippen LogP contribution in [-0.2, 0) is 0 Å². The molecule has 1 aromatic heterocycles. The molecule has 0 spiro atoms. The van der Waals surface area contributed by atoms with Gasteiger partial charge in [0, 0.05) is 25.4 Å². The van der Waals surface area contributed by atoms with E-state index in [9.17, 15) is 0 Å². The van der Waals surface area contributed by atoms with Crippen LogP contribution in [0.3, 0.4) is 0 Å². The number of nitrogens with one attached hydrogen (secondary N) is 2. The molecule has 0 radical (unpaired) electrons. The number of hydrogen-bond acceptors (Lipinski definition) is 4. The second-order valence-corrected chi connectivity index (χ2v) is 5.34. The maximum Gasteiger partial charge on any atom is 0.224 e. The van der Waals surface area contributed by atoms with Crippen LogP contribution in [0.15, 0.2) is 6.07 Å². The highest BCUT2D eigenvalue weighted by Gasteiger charge is 2.28. The Balaban J connectivity index is 2.00. The summed E-state index contributed by atoms with van der Waals surface area (Å²) in [6.07, 6.45) is 5.37. The molecule has 2 rings (SSSR count). The van der Waals surface area contributed by atoms with Gasteiger partial charge in [-0.25, -0.2) is 4.98 Å². The molecule has 17 heavy (non-hydrogen) atoms. The lowest BCUT2D eigenvalue weighted by Crippen LogP contribution is -2.23. The summed E-state index contributed by atoms with van der Waals surface area (Å²) in [5, 5.41) is 6.43. The third-order valence-electron chi connectivity index (χ3n) is 3.58. The van der Waals surface area contributed by atoms with Gasteiger partial charge in [-0.2, -0.15) is 4.98 Å². The minimum absolute atomic E-state index is 0.443. The Morgan fingerprint density at radius 3 is 2.65 bits per heavy atom. The van der Waals surface area contributed by atoms with Gasteiger partial charge in [0.2, 0.25) is 5.95 Å². The first kappa shape index (κ1) is 12.1.